The molecule has 2 N–H and O–H groups in total. The summed E-state index contributed by atoms with van der Waals surface area (Å²) in [5.74, 6) is 0.181. The van der Waals surface area contributed by atoms with Crippen molar-refractivity contribution in [3.05, 3.63) is 66.7 Å². The summed E-state index contributed by atoms with van der Waals surface area (Å²) in [6, 6.07) is 12.8. The molecule has 3 aromatic rings. The Morgan fingerprint density at radius 2 is 2.00 bits per heavy atom. The van der Waals surface area contributed by atoms with Crippen LogP contribution in [0, 0.1) is 5.82 Å². The van der Waals surface area contributed by atoms with Gasteiger partial charge in [0.1, 0.15) is 11.4 Å². The lowest BCUT2D eigenvalue weighted by atomic mass is 10.2. The van der Waals surface area contributed by atoms with Crippen LogP contribution in [-0.4, -0.2) is 27.6 Å². The fourth-order valence-electron chi connectivity index (χ4n) is 2.12. The minimum atomic E-state index is -0.583. The van der Waals surface area contributed by atoms with E-state index in [0.717, 1.165) is 0 Å². The van der Waals surface area contributed by atoms with Crippen LogP contribution in [0.15, 0.2) is 60.9 Å². The van der Waals surface area contributed by atoms with Gasteiger partial charge in [-0.15, -0.1) is 5.10 Å². The van der Waals surface area contributed by atoms with Crippen molar-refractivity contribution < 1.29 is 13.9 Å². The Hall–Kier alpha value is -3.42. The van der Waals surface area contributed by atoms with E-state index < -0.39 is 11.8 Å². The van der Waals surface area contributed by atoms with Crippen molar-refractivity contribution in [1.82, 2.24) is 20.3 Å². The first-order chi connectivity index (χ1) is 12.2. The number of anilines is 1. The Kier molecular flexibility index (Phi) is 5.20. The molecular weight excluding hydrogens is 325 g/mol. The number of carbonyl (C=O) groups excluding carboxylic acids is 1. The lowest BCUT2D eigenvalue weighted by Gasteiger charge is -2.13. The van der Waals surface area contributed by atoms with Crippen LogP contribution in [0.4, 0.5) is 14.9 Å². The highest BCUT2D eigenvalue weighted by molar-refractivity contribution is 5.91. The van der Waals surface area contributed by atoms with Gasteiger partial charge < -0.3 is 15.4 Å². The monoisotopic (exact) mass is 341 g/mol. The SMILES string of the molecule is O=C(NCCn1ccnn1)Nc1c(F)cccc1Oc1ccccc1. The van der Waals surface area contributed by atoms with E-state index in [4.69, 9.17) is 4.74 Å². The molecule has 0 aliphatic carbocycles. The molecule has 0 spiro atoms. The van der Waals surface area contributed by atoms with Crippen LogP contribution in [-0.2, 0) is 6.54 Å². The third kappa shape index (κ3) is 4.54. The first-order valence-electron chi connectivity index (χ1n) is 7.63. The van der Waals surface area contributed by atoms with Gasteiger partial charge in [-0.1, -0.05) is 29.5 Å². The number of amides is 2. The first-order valence-corrected chi connectivity index (χ1v) is 7.63. The molecule has 1 aromatic heterocycles. The summed E-state index contributed by atoms with van der Waals surface area (Å²) in [7, 11) is 0. The van der Waals surface area contributed by atoms with Crippen molar-refractivity contribution in [3.63, 3.8) is 0 Å². The summed E-state index contributed by atoms with van der Waals surface area (Å²) < 4.78 is 21.3. The summed E-state index contributed by atoms with van der Waals surface area (Å²) in [4.78, 5) is 12.0. The molecular formula is C17H16FN5O2. The van der Waals surface area contributed by atoms with Crippen LogP contribution < -0.4 is 15.4 Å². The smallest absolute Gasteiger partial charge is 0.319 e. The molecule has 0 saturated carbocycles. The maximum absolute atomic E-state index is 14.1. The highest BCUT2D eigenvalue weighted by Gasteiger charge is 2.13. The quantitative estimate of drug-likeness (QED) is 0.722. The molecule has 0 radical (unpaired) electrons. The Bertz CT molecular complexity index is 824. The van der Waals surface area contributed by atoms with Crippen LogP contribution in [0.3, 0.4) is 0 Å². The van der Waals surface area contributed by atoms with E-state index in [1.807, 2.05) is 6.07 Å². The fourth-order valence-corrected chi connectivity index (χ4v) is 2.12. The number of aromatic nitrogens is 3. The average Bonchev–Trinajstić information content (AvgIpc) is 3.12. The van der Waals surface area contributed by atoms with Crippen molar-refractivity contribution in [2.75, 3.05) is 11.9 Å². The maximum Gasteiger partial charge on any atom is 0.319 e. The van der Waals surface area contributed by atoms with E-state index >= 15 is 0 Å². The van der Waals surface area contributed by atoms with Gasteiger partial charge in [0.2, 0.25) is 0 Å². The maximum atomic E-state index is 14.1. The molecule has 7 nitrogen and oxygen atoms in total. The number of hydrogen-bond acceptors (Lipinski definition) is 4. The summed E-state index contributed by atoms with van der Waals surface area (Å²) in [5, 5.41) is 12.6. The van der Waals surface area contributed by atoms with E-state index in [0.29, 0.717) is 18.8 Å². The van der Waals surface area contributed by atoms with E-state index in [2.05, 4.69) is 20.9 Å². The van der Waals surface area contributed by atoms with Crippen LogP contribution in [0.5, 0.6) is 11.5 Å². The second kappa shape index (κ2) is 7.91. The Morgan fingerprint density at radius 1 is 1.16 bits per heavy atom. The molecule has 8 heteroatoms. The highest BCUT2D eigenvalue weighted by atomic mass is 19.1. The van der Waals surface area contributed by atoms with Gasteiger partial charge in [-0.25, -0.2) is 9.18 Å². The molecule has 1 heterocycles. The van der Waals surface area contributed by atoms with Crippen molar-refractivity contribution in [2.24, 2.45) is 0 Å². The van der Waals surface area contributed by atoms with Gasteiger partial charge in [-0.05, 0) is 24.3 Å². The summed E-state index contributed by atoms with van der Waals surface area (Å²) >= 11 is 0. The highest BCUT2D eigenvalue weighted by Crippen LogP contribution is 2.31. The topological polar surface area (TPSA) is 81.1 Å². The number of nitrogens with one attached hydrogen (secondary N) is 2. The fraction of sp³-hybridized carbons (Fsp3) is 0.118. The van der Waals surface area contributed by atoms with E-state index in [1.54, 1.807) is 47.4 Å². The molecule has 0 fully saturated rings. The number of nitrogens with zero attached hydrogens (tertiary/aromatic N) is 3. The van der Waals surface area contributed by atoms with Crippen LogP contribution in [0.2, 0.25) is 0 Å². The van der Waals surface area contributed by atoms with Gasteiger partial charge in [-0.2, -0.15) is 0 Å². The van der Waals surface area contributed by atoms with Crippen molar-refractivity contribution in [3.8, 4) is 11.5 Å². The van der Waals surface area contributed by atoms with Gasteiger partial charge in [0.05, 0.1) is 12.7 Å². The number of rotatable bonds is 6. The summed E-state index contributed by atoms with van der Waals surface area (Å²) in [6.45, 7) is 0.774. The van der Waals surface area contributed by atoms with Crippen molar-refractivity contribution >= 4 is 11.7 Å². The normalized spacial score (nSPS) is 10.3. The van der Waals surface area contributed by atoms with E-state index in [9.17, 15) is 9.18 Å². The molecule has 2 aromatic carbocycles. The number of urea groups is 1. The minimum absolute atomic E-state index is 0.0235. The predicted octanol–water partition coefficient (Wildman–Crippen LogP) is 3.03. The van der Waals surface area contributed by atoms with Gasteiger partial charge in [0.25, 0.3) is 0 Å². The summed E-state index contributed by atoms with van der Waals surface area (Å²) in [5.41, 5.74) is -0.0235. The Morgan fingerprint density at radius 3 is 2.76 bits per heavy atom. The molecule has 25 heavy (non-hydrogen) atoms. The first kappa shape index (κ1) is 16.4. The Balaban J connectivity index is 1.63. The molecule has 0 unspecified atom stereocenters. The zero-order chi connectivity index (χ0) is 17.5. The minimum Gasteiger partial charge on any atom is -0.455 e. The zero-order valence-corrected chi connectivity index (χ0v) is 13.2. The van der Waals surface area contributed by atoms with Crippen molar-refractivity contribution in [2.45, 2.75) is 6.54 Å². The van der Waals surface area contributed by atoms with Crippen LogP contribution >= 0.6 is 0 Å². The van der Waals surface area contributed by atoms with Crippen LogP contribution in [0.1, 0.15) is 0 Å². The average molecular weight is 341 g/mol. The van der Waals surface area contributed by atoms with E-state index in [-0.39, 0.29) is 11.4 Å². The number of hydrogen-bond donors (Lipinski definition) is 2. The molecule has 0 bridgehead atoms. The number of ether oxygens (including phenoxy) is 1. The third-order valence-corrected chi connectivity index (χ3v) is 3.28. The standard InChI is InChI=1S/C17H16FN5O2/c18-14-7-4-8-15(25-13-5-2-1-3-6-13)16(14)21-17(24)19-9-11-23-12-10-20-22-23/h1-8,10,12H,9,11H2,(H2,19,21,24). The molecule has 0 atom stereocenters. The van der Waals surface area contributed by atoms with Crippen LogP contribution in [0.25, 0.3) is 0 Å². The molecule has 3 rings (SSSR count). The largest absolute Gasteiger partial charge is 0.455 e. The molecule has 128 valence electrons. The lowest BCUT2D eigenvalue weighted by molar-refractivity contribution is 0.251. The second-order valence-corrected chi connectivity index (χ2v) is 5.08. The molecule has 0 aliphatic rings. The second-order valence-electron chi connectivity index (χ2n) is 5.08. The van der Waals surface area contributed by atoms with Gasteiger partial charge in [0, 0.05) is 12.7 Å². The zero-order valence-electron chi connectivity index (χ0n) is 13.2. The third-order valence-electron chi connectivity index (χ3n) is 3.28. The number of carbonyl (C=O) groups is 1. The number of para-hydroxylation sites is 2. The van der Waals surface area contributed by atoms with E-state index in [1.165, 1.54) is 12.1 Å². The molecule has 0 saturated heterocycles. The summed E-state index contributed by atoms with van der Waals surface area (Å²) in [6.07, 6.45) is 3.23. The lowest BCUT2D eigenvalue weighted by Crippen LogP contribution is -2.32. The van der Waals surface area contributed by atoms with Crippen molar-refractivity contribution in [1.29, 1.82) is 0 Å². The molecule has 2 amide bonds. The molecule has 0 aliphatic heterocycles. The predicted molar refractivity (Wildman–Crippen MR) is 90.0 cm³/mol. The van der Waals surface area contributed by atoms with Gasteiger partial charge in [-0.3, -0.25) is 4.68 Å². The Labute approximate surface area is 143 Å². The van der Waals surface area contributed by atoms with Gasteiger partial charge in [0.15, 0.2) is 11.6 Å². The number of benzene rings is 2. The number of halogens is 1. The van der Waals surface area contributed by atoms with Gasteiger partial charge >= 0.3 is 6.03 Å².